The van der Waals surface area contributed by atoms with Crippen LogP contribution >= 0.6 is 23.1 Å². The molecular weight excluding hydrogens is 294 g/mol. The number of thioether (sulfide) groups is 1. The van der Waals surface area contributed by atoms with Gasteiger partial charge in [-0.3, -0.25) is 14.2 Å². The Morgan fingerprint density at radius 1 is 1.50 bits per heavy atom. The largest absolute Gasteiger partial charge is 0.351 e. The van der Waals surface area contributed by atoms with Crippen LogP contribution < -0.4 is 10.9 Å². The van der Waals surface area contributed by atoms with E-state index in [0.717, 1.165) is 0 Å². The molecule has 2 aromatic heterocycles. The fourth-order valence-electron chi connectivity index (χ4n) is 1.68. The molecule has 0 fully saturated rings. The van der Waals surface area contributed by atoms with Crippen molar-refractivity contribution in [2.45, 2.75) is 31.5 Å². The number of hydrogen-bond donors (Lipinski definition) is 1. The normalized spacial score (nSPS) is 11.8. The average Bonchev–Trinajstić information content (AvgIpc) is 2.78. The summed E-state index contributed by atoms with van der Waals surface area (Å²) >= 11 is 2.66. The third-order valence-corrected chi connectivity index (χ3v) is 4.41. The summed E-state index contributed by atoms with van der Waals surface area (Å²) in [4.78, 5) is 28.3. The highest BCUT2D eigenvalue weighted by atomic mass is 32.2. The molecule has 0 saturated heterocycles. The third kappa shape index (κ3) is 3.40. The predicted octanol–water partition coefficient (Wildman–Crippen LogP) is 2.00. The first-order valence-electron chi connectivity index (χ1n) is 6.16. The SMILES string of the molecule is Cn1c(SCC(=O)NC(C)(C)C)nc2ccsc2c1=O. The molecule has 2 heterocycles. The molecule has 1 amide bonds. The molecule has 0 aliphatic rings. The third-order valence-electron chi connectivity index (χ3n) is 2.49. The number of aromatic nitrogens is 2. The summed E-state index contributed by atoms with van der Waals surface area (Å²) in [5.74, 6) is 0.176. The van der Waals surface area contributed by atoms with Crippen LogP contribution in [0.5, 0.6) is 0 Å². The summed E-state index contributed by atoms with van der Waals surface area (Å²) in [6.45, 7) is 5.79. The molecule has 5 nitrogen and oxygen atoms in total. The first-order chi connectivity index (χ1) is 9.28. The maximum atomic E-state index is 12.1. The topological polar surface area (TPSA) is 64.0 Å². The second-order valence-electron chi connectivity index (χ2n) is 5.48. The van der Waals surface area contributed by atoms with Crippen molar-refractivity contribution in [1.29, 1.82) is 0 Å². The van der Waals surface area contributed by atoms with Crippen LogP contribution in [0, 0.1) is 0 Å². The summed E-state index contributed by atoms with van der Waals surface area (Å²) < 4.78 is 2.14. The number of amides is 1. The molecule has 0 saturated carbocycles. The van der Waals surface area contributed by atoms with Crippen LogP contribution in [0.1, 0.15) is 20.8 Å². The van der Waals surface area contributed by atoms with E-state index in [-0.39, 0.29) is 22.8 Å². The second kappa shape index (κ2) is 5.57. The Bertz CT molecular complexity index is 698. The first-order valence-corrected chi connectivity index (χ1v) is 8.02. The van der Waals surface area contributed by atoms with E-state index >= 15 is 0 Å². The van der Waals surface area contributed by atoms with Crippen molar-refractivity contribution in [2.75, 3.05) is 5.75 Å². The Morgan fingerprint density at radius 2 is 2.20 bits per heavy atom. The average molecular weight is 311 g/mol. The van der Waals surface area contributed by atoms with Crippen molar-refractivity contribution in [3.05, 3.63) is 21.8 Å². The molecule has 20 heavy (non-hydrogen) atoms. The van der Waals surface area contributed by atoms with Gasteiger partial charge >= 0.3 is 0 Å². The lowest BCUT2D eigenvalue weighted by Crippen LogP contribution is -2.41. The van der Waals surface area contributed by atoms with Crippen LogP contribution in [0.15, 0.2) is 21.4 Å². The van der Waals surface area contributed by atoms with Gasteiger partial charge in [-0.05, 0) is 32.2 Å². The van der Waals surface area contributed by atoms with Gasteiger partial charge in [0.2, 0.25) is 5.91 Å². The van der Waals surface area contributed by atoms with E-state index in [2.05, 4.69) is 10.3 Å². The Kier molecular flexibility index (Phi) is 4.19. The number of rotatable bonds is 3. The molecule has 2 aromatic rings. The van der Waals surface area contributed by atoms with Crippen molar-refractivity contribution in [1.82, 2.24) is 14.9 Å². The molecule has 0 aliphatic carbocycles. The Labute approximate surface area is 125 Å². The van der Waals surface area contributed by atoms with E-state index in [1.807, 2.05) is 32.2 Å². The number of carbonyl (C=O) groups is 1. The number of carbonyl (C=O) groups excluding carboxylic acids is 1. The molecule has 0 unspecified atom stereocenters. The lowest BCUT2D eigenvalue weighted by atomic mass is 10.1. The minimum Gasteiger partial charge on any atom is -0.351 e. The predicted molar refractivity (Wildman–Crippen MR) is 83.5 cm³/mol. The number of nitrogens with one attached hydrogen (secondary N) is 1. The van der Waals surface area contributed by atoms with Crippen LogP contribution in [-0.4, -0.2) is 26.8 Å². The molecule has 0 aromatic carbocycles. The number of hydrogen-bond acceptors (Lipinski definition) is 5. The summed E-state index contributed by atoms with van der Waals surface area (Å²) in [5.41, 5.74) is 0.370. The van der Waals surface area contributed by atoms with E-state index in [9.17, 15) is 9.59 Å². The number of nitrogens with zero attached hydrogens (tertiary/aromatic N) is 2. The van der Waals surface area contributed by atoms with Gasteiger partial charge in [0.1, 0.15) is 4.70 Å². The Balaban J connectivity index is 2.16. The molecule has 0 atom stereocenters. The van der Waals surface area contributed by atoms with Crippen molar-refractivity contribution in [2.24, 2.45) is 7.05 Å². The minimum atomic E-state index is -0.256. The molecule has 108 valence electrons. The van der Waals surface area contributed by atoms with Crippen molar-refractivity contribution in [3.63, 3.8) is 0 Å². The molecule has 2 rings (SSSR count). The zero-order chi connectivity index (χ0) is 14.9. The van der Waals surface area contributed by atoms with Gasteiger partial charge in [0, 0.05) is 12.6 Å². The summed E-state index contributed by atoms with van der Waals surface area (Å²) in [5, 5.41) is 5.29. The Morgan fingerprint density at radius 3 is 2.85 bits per heavy atom. The second-order valence-corrected chi connectivity index (χ2v) is 7.34. The molecule has 0 spiro atoms. The zero-order valence-corrected chi connectivity index (χ0v) is 13.5. The van der Waals surface area contributed by atoms with Gasteiger partial charge in [0.25, 0.3) is 5.56 Å². The summed E-state index contributed by atoms with van der Waals surface area (Å²) in [6.07, 6.45) is 0. The fraction of sp³-hybridized carbons (Fsp3) is 0.462. The maximum absolute atomic E-state index is 12.1. The molecule has 0 radical (unpaired) electrons. The van der Waals surface area contributed by atoms with Crippen LogP contribution in [0.2, 0.25) is 0 Å². The van der Waals surface area contributed by atoms with Crippen LogP contribution in [0.25, 0.3) is 10.2 Å². The van der Waals surface area contributed by atoms with Crippen molar-refractivity contribution in [3.8, 4) is 0 Å². The van der Waals surface area contributed by atoms with Gasteiger partial charge in [-0.2, -0.15) is 0 Å². The maximum Gasteiger partial charge on any atom is 0.271 e. The van der Waals surface area contributed by atoms with Gasteiger partial charge in [-0.25, -0.2) is 4.98 Å². The lowest BCUT2D eigenvalue weighted by molar-refractivity contribution is -0.119. The lowest BCUT2D eigenvalue weighted by Gasteiger charge is -2.20. The molecule has 1 N–H and O–H groups in total. The summed E-state index contributed by atoms with van der Waals surface area (Å²) in [7, 11) is 1.68. The summed E-state index contributed by atoms with van der Waals surface area (Å²) in [6, 6.07) is 1.82. The van der Waals surface area contributed by atoms with E-state index in [1.165, 1.54) is 27.7 Å². The van der Waals surface area contributed by atoms with Crippen molar-refractivity contribution >= 4 is 39.2 Å². The zero-order valence-electron chi connectivity index (χ0n) is 11.9. The number of fused-ring (bicyclic) bond motifs is 1. The highest BCUT2D eigenvalue weighted by molar-refractivity contribution is 7.99. The van der Waals surface area contributed by atoms with E-state index in [0.29, 0.717) is 15.4 Å². The van der Waals surface area contributed by atoms with Gasteiger partial charge in [-0.15, -0.1) is 11.3 Å². The highest BCUT2D eigenvalue weighted by Crippen LogP contribution is 2.20. The smallest absolute Gasteiger partial charge is 0.271 e. The van der Waals surface area contributed by atoms with Crippen LogP contribution in [0.4, 0.5) is 0 Å². The number of thiophene rings is 1. The standard InChI is InChI=1S/C13H17N3O2S2/c1-13(2,3)15-9(17)7-20-12-14-8-5-6-19-10(8)11(18)16(12)4/h5-6H,7H2,1-4H3,(H,15,17). The van der Waals surface area contributed by atoms with E-state index < -0.39 is 0 Å². The quantitative estimate of drug-likeness (QED) is 0.695. The molecule has 0 bridgehead atoms. The van der Waals surface area contributed by atoms with Crippen molar-refractivity contribution < 1.29 is 4.79 Å². The van der Waals surface area contributed by atoms with Gasteiger partial charge in [-0.1, -0.05) is 11.8 Å². The molecular formula is C13H17N3O2S2. The van der Waals surface area contributed by atoms with Crippen LogP contribution in [0.3, 0.4) is 0 Å². The highest BCUT2D eigenvalue weighted by Gasteiger charge is 2.15. The van der Waals surface area contributed by atoms with Gasteiger partial charge in [0.05, 0.1) is 11.3 Å². The minimum absolute atomic E-state index is 0.0660. The van der Waals surface area contributed by atoms with E-state index in [4.69, 9.17) is 0 Å². The molecule has 0 aliphatic heterocycles. The molecule has 7 heteroatoms. The van der Waals surface area contributed by atoms with Gasteiger partial charge < -0.3 is 5.32 Å². The van der Waals surface area contributed by atoms with Crippen LogP contribution in [-0.2, 0) is 11.8 Å². The Hall–Kier alpha value is -1.34. The first kappa shape index (κ1) is 15.1. The monoisotopic (exact) mass is 311 g/mol. The fourth-order valence-corrected chi connectivity index (χ4v) is 3.26. The van der Waals surface area contributed by atoms with E-state index in [1.54, 1.807) is 7.05 Å². The van der Waals surface area contributed by atoms with Gasteiger partial charge in [0.15, 0.2) is 5.16 Å².